The van der Waals surface area contributed by atoms with Gasteiger partial charge in [0.05, 0.1) is 13.5 Å². The SMILES string of the molecule is COc1ccc(CC(=O)Nc2cccc(-c3n[nH]c(=O)[nH]3)c2)cc1F. The number of hydrogen-bond donors (Lipinski definition) is 3. The molecule has 3 rings (SSSR count). The standard InChI is InChI=1S/C17H15FN4O3/c1-25-14-6-5-10(7-13(14)18)8-15(23)19-12-4-2-3-11(9-12)16-20-17(24)22-21-16/h2-7,9H,8H2,1H3,(H,19,23)(H2,20,21,22,24). The van der Waals surface area contributed by atoms with Crippen molar-refractivity contribution in [3.8, 4) is 17.1 Å². The van der Waals surface area contributed by atoms with Gasteiger partial charge in [-0.3, -0.25) is 9.78 Å². The Labute approximate surface area is 141 Å². The number of methoxy groups -OCH3 is 1. The molecular formula is C17H15FN4O3. The zero-order valence-electron chi connectivity index (χ0n) is 13.3. The maximum absolute atomic E-state index is 13.7. The number of carbonyl (C=O) groups excluding carboxylic acids is 1. The Morgan fingerprint density at radius 3 is 2.80 bits per heavy atom. The van der Waals surface area contributed by atoms with Crippen LogP contribution in [0.4, 0.5) is 10.1 Å². The van der Waals surface area contributed by atoms with Gasteiger partial charge in [-0.15, -0.1) is 0 Å². The Morgan fingerprint density at radius 2 is 2.12 bits per heavy atom. The van der Waals surface area contributed by atoms with Gasteiger partial charge >= 0.3 is 5.69 Å². The Morgan fingerprint density at radius 1 is 1.28 bits per heavy atom. The van der Waals surface area contributed by atoms with Gasteiger partial charge < -0.3 is 10.1 Å². The van der Waals surface area contributed by atoms with Crippen LogP contribution < -0.4 is 15.7 Å². The lowest BCUT2D eigenvalue weighted by Crippen LogP contribution is -2.14. The molecule has 0 spiro atoms. The average molecular weight is 342 g/mol. The molecule has 1 amide bonds. The molecule has 0 saturated heterocycles. The highest BCUT2D eigenvalue weighted by Crippen LogP contribution is 2.20. The molecule has 0 atom stereocenters. The van der Waals surface area contributed by atoms with Crippen LogP contribution >= 0.6 is 0 Å². The number of H-pyrrole nitrogens is 2. The van der Waals surface area contributed by atoms with Crippen molar-refractivity contribution in [3.63, 3.8) is 0 Å². The van der Waals surface area contributed by atoms with E-state index in [1.807, 2.05) is 0 Å². The van der Waals surface area contributed by atoms with Crippen molar-refractivity contribution < 1.29 is 13.9 Å². The molecule has 0 fully saturated rings. The summed E-state index contributed by atoms with van der Waals surface area (Å²) in [5, 5.41) is 8.85. The lowest BCUT2D eigenvalue weighted by Gasteiger charge is -2.08. The summed E-state index contributed by atoms with van der Waals surface area (Å²) in [5.41, 5.74) is 1.31. The van der Waals surface area contributed by atoms with Crippen LogP contribution in [0.25, 0.3) is 11.4 Å². The van der Waals surface area contributed by atoms with Crippen LogP contribution in [-0.4, -0.2) is 28.2 Å². The van der Waals surface area contributed by atoms with Crippen LogP contribution in [0.2, 0.25) is 0 Å². The van der Waals surface area contributed by atoms with Gasteiger partial charge in [0, 0.05) is 11.3 Å². The van der Waals surface area contributed by atoms with Crippen molar-refractivity contribution in [1.29, 1.82) is 0 Å². The normalized spacial score (nSPS) is 10.5. The fourth-order valence-corrected chi connectivity index (χ4v) is 2.36. The molecule has 2 aromatic carbocycles. The highest BCUT2D eigenvalue weighted by atomic mass is 19.1. The Kier molecular flexibility index (Phi) is 4.60. The van der Waals surface area contributed by atoms with Crippen molar-refractivity contribution in [2.24, 2.45) is 0 Å². The molecule has 0 bridgehead atoms. The minimum absolute atomic E-state index is 0.0182. The number of amides is 1. The fourth-order valence-electron chi connectivity index (χ4n) is 2.36. The van der Waals surface area contributed by atoms with E-state index in [2.05, 4.69) is 20.5 Å². The van der Waals surface area contributed by atoms with Crippen molar-refractivity contribution >= 4 is 11.6 Å². The summed E-state index contributed by atoms with van der Waals surface area (Å²) in [4.78, 5) is 25.8. The largest absolute Gasteiger partial charge is 0.494 e. The summed E-state index contributed by atoms with van der Waals surface area (Å²) in [7, 11) is 1.38. The highest BCUT2D eigenvalue weighted by molar-refractivity contribution is 5.92. The molecule has 0 aliphatic heterocycles. The molecule has 8 heteroatoms. The third-order valence-electron chi connectivity index (χ3n) is 3.50. The first kappa shape index (κ1) is 16.4. The number of aromatic nitrogens is 3. The smallest absolute Gasteiger partial charge is 0.340 e. The molecular weight excluding hydrogens is 327 g/mol. The summed E-state index contributed by atoms with van der Waals surface area (Å²) in [6, 6.07) is 11.2. The first-order valence-corrected chi connectivity index (χ1v) is 7.42. The lowest BCUT2D eigenvalue weighted by atomic mass is 10.1. The van der Waals surface area contributed by atoms with E-state index < -0.39 is 11.5 Å². The van der Waals surface area contributed by atoms with E-state index in [1.54, 1.807) is 30.3 Å². The highest BCUT2D eigenvalue weighted by Gasteiger charge is 2.09. The van der Waals surface area contributed by atoms with Gasteiger partial charge in [0.15, 0.2) is 17.4 Å². The predicted octanol–water partition coefficient (Wildman–Crippen LogP) is 2.09. The zero-order chi connectivity index (χ0) is 17.8. The number of hydrogen-bond acceptors (Lipinski definition) is 4. The number of halogens is 1. The van der Waals surface area contributed by atoms with E-state index in [4.69, 9.17) is 4.74 Å². The van der Waals surface area contributed by atoms with Crippen LogP contribution in [0.1, 0.15) is 5.56 Å². The Balaban J connectivity index is 1.71. The van der Waals surface area contributed by atoms with Gasteiger partial charge in [-0.25, -0.2) is 14.3 Å². The number of rotatable bonds is 5. The minimum atomic E-state index is -0.516. The zero-order valence-corrected chi connectivity index (χ0v) is 13.3. The summed E-state index contributed by atoms with van der Waals surface area (Å²) in [5.74, 6) is -0.308. The molecule has 7 nitrogen and oxygen atoms in total. The number of nitrogens with one attached hydrogen (secondary N) is 3. The molecule has 1 aromatic heterocycles. The van der Waals surface area contributed by atoms with Crippen LogP contribution in [0, 0.1) is 5.82 Å². The van der Waals surface area contributed by atoms with E-state index in [0.717, 1.165) is 0 Å². The number of carbonyl (C=O) groups is 1. The number of ether oxygens (including phenoxy) is 1. The van der Waals surface area contributed by atoms with Gasteiger partial charge in [-0.05, 0) is 29.8 Å². The maximum atomic E-state index is 13.7. The maximum Gasteiger partial charge on any atom is 0.340 e. The Hall–Kier alpha value is -3.42. The molecule has 3 N–H and O–H groups in total. The van der Waals surface area contributed by atoms with Crippen molar-refractivity contribution in [2.75, 3.05) is 12.4 Å². The quantitative estimate of drug-likeness (QED) is 0.661. The van der Waals surface area contributed by atoms with Gasteiger partial charge in [-0.1, -0.05) is 18.2 Å². The van der Waals surface area contributed by atoms with Gasteiger partial charge in [0.1, 0.15) is 0 Å². The molecule has 128 valence electrons. The third kappa shape index (κ3) is 3.92. The third-order valence-corrected chi connectivity index (χ3v) is 3.50. The summed E-state index contributed by atoms with van der Waals surface area (Å²) in [6.45, 7) is 0. The second-order valence-corrected chi connectivity index (χ2v) is 5.30. The van der Waals surface area contributed by atoms with E-state index in [0.29, 0.717) is 22.6 Å². The second-order valence-electron chi connectivity index (χ2n) is 5.30. The van der Waals surface area contributed by atoms with Crippen molar-refractivity contribution in [1.82, 2.24) is 15.2 Å². The monoisotopic (exact) mass is 342 g/mol. The molecule has 0 unspecified atom stereocenters. The lowest BCUT2D eigenvalue weighted by molar-refractivity contribution is -0.115. The molecule has 0 aliphatic rings. The van der Waals surface area contributed by atoms with Gasteiger partial charge in [-0.2, -0.15) is 5.10 Å². The van der Waals surface area contributed by atoms with Crippen LogP contribution in [0.15, 0.2) is 47.3 Å². The molecule has 3 aromatic rings. The molecule has 0 aliphatic carbocycles. The summed E-state index contributed by atoms with van der Waals surface area (Å²) < 4.78 is 18.5. The molecule has 0 saturated carbocycles. The minimum Gasteiger partial charge on any atom is -0.494 e. The Bertz CT molecular complexity index is 964. The van der Waals surface area contributed by atoms with E-state index >= 15 is 0 Å². The van der Waals surface area contributed by atoms with Crippen LogP contribution in [-0.2, 0) is 11.2 Å². The van der Waals surface area contributed by atoms with Gasteiger partial charge in [0.2, 0.25) is 5.91 Å². The summed E-state index contributed by atoms with van der Waals surface area (Å²) in [6.07, 6.45) is 0.0182. The first-order chi connectivity index (χ1) is 12.0. The number of anilines is 1. The number of benzene rings is 2. The average Bonchev–Trinajstić information content (AvgIpc) is 3.02. The van der Waals surface area contributed by atoms with Crippen molar-refractivity contribution in [3.05, 3.63) is 64.3 Å². The first-order valence-electron chi connectivity index (χ1n) is 7.42. The topological polar surface area (TPSA) is 99.9 Å². The number of nitrogens with zero attached hydrogens (tertiary/aromatic N) is 1. The summed E-state index contributed by atoms with van der Waals surface area (Å²) >= 11 is 0. The van der Waals surface area contributed by atoms with E-state index in [1.165, 1.54) is 19.2 Å². The van der Waals surface area contributed by atoms with E-state index in [-0.39, 0.29) is 18.1 Å². The van der Waals surface area contributed by atoms with E-state index in [9.17, 15) is 14.0 Å². The van der Waals surface area contributed by atoms with Crippen LogP contribution in [0.5, 0.6) is 5.75 Å². The second kappa shape index (κ2) is 7.00. The molecule has 0 radical (unpaired) electrons. The number of aromatic amines is 2. The fraction of sp³-hybridized carbons (Fsp3) is 0.118. The molecule has 25 heavy (non-hydrogen) atoms. The van der Waals surface area contributed by atoms with Crippen LogP contribution in [0.3, 0.4) is 0 Å². The predicted molar refractivity (Wildman–Crippen MR) is 89.9 cm³/mol. The van der Waals surface area contributed by atoms with Crippen molar-refractivity contribution in [2.45, 2.75) is 6.42 Å². The van der Waals surface area contributed by atoms with Gasteiger partial charge in [0.25, 0.3) is 0 Å². The molecule has 1 heterocycles.